The smallest absolute Gasteiger partial charge is 0.337 e. The Bertz CT molecular complexity index is 658. The third-order valence-corrected chi connectivity index (χ3v) is 3.00. The number of H-pyrrole nitrogens is 1. The highest BCUT2D eigenvalue weighted by atomic mass is 32.1. The minimum atomic E-state index is 0.369. The number of benzene rings is 1. The Hall–Kier alpha value is -2.01. The van der Waals surface area contributed by atoms with E-state index < -0.39 is 0 Å². The lowest BCUT2D eigenvalue weighted by atomic mass is 10.3. The van der Waals surface area contributed by atoms with Crippen LogP contribution in [-0.4, -0.2) is 14.5 Å². The highest BCUT2D eigenvalue weighted by molar-refractivity contribution is 7.64. The van der Waals surface area contributed by atoms with Crippen molar-refractivity contribution in [2.75, 3.05) is 0 Å². The van der Waals surface area contributed by atoms with Crippen LogP contribution in [0.15, 0.2) is 42.7 Å². The minimum absolute atomic E-state index is 0.369. The lowest BCUT2D eigenvalue weighted by Crippen LogP contribution is -1.88. The second-order valence-corrected chi connectivity index (χ2v) is 4.26. The van der Waals surface area contributed by atoms with Gasteiger partial charge in [-0.15, -0.1) is 0 Å². The van der Waals surface area contributed by atoms with Gasteiger partial charge in [0.25, 0.3) is 5.75 Å². The van der Waals surface area contributed by atoms with Crippen molar-refractivity contribution in [2.45, 2.75) is 5.75 Å². The molecule has 4 nitrogen and oxygen atoms in total. The molecule has 0 unspecified atom stereocenters. The monoisotopic (exact) mass is 244 g/mol. The van der Waals surface area contributed by atoms with Crippen LogP contribution < -0.4 is 0 Å². The van der Waals surface area contributed by atoms with Crippen molar-refractivity contribution in [3.8, 4) is 5.69 Å². The Balaban J connectivity index is 2.09. The summed E-state index contributed by atoms with van der Waals surface area (Å²) < 4.78 is 12.5. The summed E-state index contributed by atoms with van der Waals surface area (Å²) in [6.07, 6.45) is 3.98. The van der Waals surface area contributed by atoms with Crippen LogP contribution in [0.25, 0.3) is 16.7 Å². The molecule has 0 aliphatic heterocycles. The van der Waals surface area contributed by atoms with Crippen LogP contribution in [0.5, 0.6) is 0 Å². The fraction of sp³-hybridized carbons (Fsp3) is 0.0833. The van der Waals surface area contributed by atoms with Crippen molar-refractivity contribution in [1.29, 1.82) is 0 Å². The summed E-state index contributed by atoms with van der Waals surface area (Å²) in [6.45, 7) is 0. The van der Waals surface area contributed by atoms with E-state index >= 15 is 0 Å². The quantitative estimate of drug-likeness (QED) is 0.719. The molecule has 0 spiro atoms. The van der Waals surface area contributed by atoms with E-state index in [0.29, 0.717) is 17.4 Å². The maximum Gasteiger partial charge on any atom is 0.467 e. The summed E-state index contributed by atoms with van der Waals surface area (Å²) in [4.78, 5) is 7.49. The molecule has 0 bridgehead atoms. The van der Waals surface area contributed by atoms with Crippen molar-refractivity contribution < 1.29 is 4.21 Å². The highest BCUT2D eigenvalue weighted by Gasteiger charge is 2.09. The molecule has 1 N–H and O–H groups in total. The van der Waals surface area contributed by atoms with Gasteiger partial charge in [-0.1, -0.05) is 0 Å². The Morgan fingerprint density at radius 2 is 2.12 bits per heavy atom. The Morgan fingerprint density at radius 3 is 2.88 bits per heavy atom. The Labute approximate surface area is 102 Å². The lowest BCUT2D eigenvalue weighted by molar-refractivity contribution is 0.604. The molecule has 0 atom stereocenters. The summed E-state index contributed by atoms with van der Waals surface area (Å²) in [5, 5.41) is 0. The molecular formula is C12H10N3OS+. The zero-order valence-corrected chi connectivity index (χ0v) is 9.78. The third-order valence-electron chi connectivity index (χ3n) is 2.61. The van der Waals surface area contributed by atoms with E-state index in [1.807, 2.05) is 47.3 Å². The summed E-state index contributed by atoms with van der Waals surface area (Å²) >= 11 is 0.523. The fourth-order valence-corrected chi connectivity index (χ4v) is 2.09. The van der Waals surface area contributed by atoms with Crippen LogP contribution in [0, 0.1) is 0 Å². The number of aromatic nitrogens is 3. The molecule has 5 heteroatoms. The van der Waals surface area contributed by atoms with E-state index in [1.54, 1.807) is 0 Å². The van der Waals surface area contributed by atoms with E-state index in [9.17, 15) is 4.21 Å². The molecule has 0 amide bonds. The van der Waals surface area contributed by atoms with E-state index in [1.165, 1.54) is 0 Å². The van der Waals surface area contributed by atoms with Gasteiger partial charge in [0.05, 0.1) is 11.0 Å². The van der Waals surface area contributed by atoms with Gasteiger partial charge in [-0.3, -0.25) is 0 Å². The number of hydrogen-bond acceptors (Lipinski definition) is 2. The van der Waals surface area contributed by atoms with E-state index in [0.717, 1.165) is 22.5 Å². The number of rotatable bonds is 3. The fourth-order valence-electron chi connectivity index (χ4n) is 1.84. The second kappa shape index (κ2) is 4.10. The number of aromatic amines is 1. The first-order chi connectivity index (χ1) is 8.36. The minimum Gasteiger partial charge on any atom is -0.337 e. The van der Waals surface area contributed by atoms with Gasteiger partial charge in [0.15, 0.2) is 5.82 Å². The van der Waals surface area contributed by atoms with Crippen LogP contribution >= 0.6 is 0 Å². The largest absolute Gasteiger partial charge is 0.467 e. The topological polar surface area (TPSA) is 50.7 Å². The van der Waals surface area contributed by atoms with E-state index in [4.69, 9.17) is 0 Å². The molecule has 2 aromatic heterocycles. The molecule has 0 aliphatic rings. The molecule has 0 aliphatic carbocycles. The first-order valence-corrected chi connectivity index (χ1v) is 6.14. The molecule has 0 saturated heterocycles. The highest BCUT2D eigenvalue weighted by Crippen LogP contribution is 2.17. The first kappa shape index (κ1) is 10.2. The van der Waals surface area contributed by atoms with Crippen molar-refractivity contribution in [1.82, 2.24) is 14.5 Å². The SMILES string of the molecule is O=[S+]Cc1nc2ccc(-n3cccc3)cc2[nH]1. The maximum atomic E-state index is 10.5. The standard InChI is InChI=1S/C12H10N3OS/c16-17-8-12-13-10-4-3-9(7-11(10)14-12)15-5-1-2-6-15/h1-7H,8H2,(H,13,14)/q+1. The van der Waals surface area contributed by atoms with Crippen molar-refractivity contribution in [3.63, 3.8) is 0 Å². The molecule has 0 saturated carbocycles. The first-order valence-electron chi connectivity index (χ1n) is 5.23. The normalized spacial score (nSPS) is 10.8. The van der Waals surface area contributed by atoms with E-state index in [2.05, 4.69) is 9.97 Å². The van der Waals surface area contributed by atoms with Gasteiger partial charge in [0, 0.05) is 22.3 Å². The summed E-state index contributed by atoms with van der Waals surface area (Å²) in [7, 11) is 0. The molecule has 3 aromatic rings. The molecule has 0 radical (unpaired) electrons. The predicted molar refractivity (Wildman–Crippen MR) is 67.2 cm³/mol. The number of nitrogens with zero attached hydrogens (tertiary/aromatic N) is 2. The zero-order valence-electron chi connectivity index (χ0n) is 8.96. The van der Waals surface area contributed by atoms with Crippen molar-refractivity contribution >= 4 is 22.7 Å². The van der Waals surface area contributed by atoms with E-state index in [-0.39, 0.29) is 0 Å². The zero-order chi connectivity index (χ0) is 11.7. The molecule has 17 heavy (non-hydrogen) atoms. The van der Waals surface area contributed by atoms with Gasteiger partial charge >= 0.3 is 11.7 Å². The van der Waals surface area contributed by atoms with Gasteiger partial charge in [0.1, 0.15) is 0 Å². The van der Waals surface area contributed by atoms with Crippen LogP contribution in [0.2, 0.25) is 0 Å². The lowest BCUT2D eigenvalue weighted by Gasteiger charge is -2.01. The average molecular weight is 244 g/mol. The van der Waals surface area contributed by atoms with Crippen LogP contribution in [0.4, 0.5) is 0 Å². The molecule has 2 heterocycles. The number of hydrogen-bond donors (Lipinski definition) is 1. The second-order valence-electron chi connectivity index (χ2n) is 3.74. The predicted octanol–water partition coefficient (Wildman–Crippen LogP) is 2.28. The van der Waals surface area contributed by atoms with Crippen LogP contribution in [0.3, 0.4) is 0 Å². The van der Waals surface area contributed by atoms with Gasteiger partial charge < -0.3 is 9.55 Å². The molecule has 0 fully saturated rings. The third kappa shape index (κ3) is 1.85. The molecular weight excluding hydrogens is 234 g/mol. The summed E-state index contributed by atoms with van der Waals surface area (Å²) in [5.41, 5.74) is 2.93. The summed E-state index contributed by atoms with van der Waals surface area (Å²) in [5.74, 6) is 1.10. The van der Waals surface area contributed by atoms with Gasteiger partial charge in [-0.2, -0.15) is 0 Å². The van der Waals surface area contributed by atoms with Crippen LogP contribution in [-0.2, 0) is 21.6 Å². The van der Waals surface area contributed by atoms with Crippen molar-refractivity contribution in [2.24, 2.45) is 0 Å². The van der Waals surface area contributed by atoms with Gasteiger partial charge in [-0.25, -0.2) is 4.98 Å². The van der Waals surface area contributed by atoms with Crippen LogP contribution in [0.1, 0.15) is 5.82 Å². The number of imidazole rings is 1. The molecule has 1 aromatic carbocycles. The maximum absolute atomic E-state index is 10.5. The Kier molecular flexibility index (Phi) is 2.45. The van der Waals surface area contributed by atoms with Gasteiger partial charge in [-0.05, 0) is 30.3 Å². The number of nitrogens with one attached hydrogen (secondary N) is 1. The van der Waals surface area contributed by atoms with Gasteiger partial charge in [0.2, 0.25) is 0 Å². The molecule has 3 rings (SSSR count). The Morgan fingerprint density at radius 1 is 1.29 bits per heavy atom. The average Bonchev–Trinajstić information content (AvgIpc) is 2.96. The molecule has 84 valence electrons. The van der Waals surface area contributed by atoms with Crippen molar-refractivity contribution in [3.05, 3.63) is 48.5 Å². The number of fused-ring (bicyclic) bond motifs is 1. The summed E-state index contributed by atoms with van der Waals surface area (Å²) in [6, 6.07) is 9.96.